The molecule has 2 aliphatic rings. The van der Waals surface area contributed by atoms with E-state index in [2.05, 4.69) is 12.1 Å². The molecule has 0 bridgehead atoms. The maximum atomic E-state index is 13.2. The molecule has 1 saturated heterocycles. The Balaban J connectivity index is 1.56. The van der Waals surface area contributed by atoms with Gasteiger partial charge in [0.1, 0.15) is 5.75 Å². The average Bonchev–Trinajstić information content (AvgIpc) is 3.17. The molecule has 136 valence electrons. The molecule has 2 heterocycles. The second-order valence-corrected chi connectivity index (χ2v) is 7.54. The molecular formula is C22H25NO3. The molecule has 0 aromatic heterocycles. The van der Waals surface area contributed by atoms with Crippen LogP contribution in [-0.2, 0) is 12.8 Å². The van der Waals surface area contributed by atoms with Gasteiger partial charge in [-0.1, -0.05) is 42.5 Å². The molecule has 1 amide bonds. The lowest BCUT2D eigenvalue weighted by Gasteiger charge is -2.42. The van der Waals surface area contributed by atoms with Crippen LogP contribution in [0.15, 0.2) is 48.5 Å². The molecular weight excluding hydrogens is 326 g/mol. The van der Waals surface area contributed by atoms with Gasteiger partial charge in [0.05, 0.1) is 18.8 Å². The Labute approximate surface area is 154 Å². The predicted octanol–water partition coefficient (Wildman–Crippen LogP) is 3.08. The maximum absolute atomic E-state index is 13.2. The zero-order valence-electron chi connectivity index (χ0n) is 15.0. The van der Waals surface area contributed by atoms with Crippen LogP contribution in [0.25, 0.3) is 0 Å². The highest BCUT2D eigenvalue weighted by Gasteiger charge is 2.38. The number of hydrogen-bond acceptors (Lipinski definition) is 3. The summed E-state index contributed by atoms with van der Waals surface area (Å²) in [5, 5.41) is 10.2. The Morgan fingerprint density at radius 1 is 1.15 bits per heavy atom. The monoisotopic (exact) mass is 351 g/mol. The lowest BCUT2D eigenvalue weighted by atomic mass is 9.75. The number of hydrogen-bond donors (Lipinski definition) is 1. The third-order valence-corrected chi connectivity index (χ3v) is 5.65. The van der Waals surface area contributed by atoms with Gasteiger partial charge in [-0.3, -0.25) is 4.79 Å². The van der Waals surface area contributed by atoms with Crippen LogP contribution in [0.5, 0.6) is 5.75 Å². The topological polar surface area (TPSA) is 49.8 Å². The minimum atomic E-state index is -0.270. The third-order valence-electron chi connectivity index (χ3n) is 5.65. The minimum Gasteiger partial charge on any atom is -0.492 e. The number of carbonyl (C=O) groups excluding carboxylic acids is 1. The van der Waals surface area contributed by atoms with Crippen molar-refractivity contribution in [3.05, 3.63) is 65.2 Å². The number of aliphatic hydroxyl groups excluding tert-OH is 1. The summed E-state index contributed by atoms with van der Waals surface area (Å²) in [4.78, 5) is 15.1. The Kier molecular flexibility index (Phi) is 4.68. The van der Waals surface area contributed by atoms with Crippen molar-refractivity contribution < 1.29 is 14.6 Å². The number of ether oxygens (including phenoxy) is 1. The first kappa shape index (κ1) is 17.1. The van der Waals surface area contributed by atoms with E-state index in [4.69, 9.17) is 4.74 Å². The molecule has 1 fully saturated rings. The number of aliphatic hydroxyl groups is 1. The van der Waals surface area contributed by atoms with Crippen LogP contribution in [0.2, 0.25) is 0 Å². The Morgan fingerprint density at radius 3 is 2.81 bits per heavy atom. The number of fused-ring (bicyclic) bond motifs is 1. The molecule has 2 aromatic rings. The number of rotatable bonds is 4. The third kappa shape index (κ3) is 3.21. The van der Waals surface area contributed by atoms with E-state index in [1.54, 1.807) is 0 Å². The molecule has 0 radical (unpaired) electrons. The minimum absolute atomic E-state index is 0.0225. The number of carbonyl (C=O) groups is 1. The molecule has 4 heteroatoms. The van der Waals surface area contributed by atoms with Crippen LogP contribution in [-0.4, -0.2) is 42.2 Å². The number of para-hydroxylation sites is 1. The number of likely N-dealkylation sites (tertiary alicyclic amines) is 1. The zero-order chi connectivity index (χ0) is 18.0. The maximum Gasteiger partial charge on any atom is 0.257 e. The molecule has 0 spiro atoms. The fraction of sp³-hybridized carbons (Fsp3) is 0.409. The van der Waals surface area contributed by atoms with Crippen molar-refractivity contribution in [3.8, 4) is 5.75 Å². The van der Waals surface area contributed by atoms with E-state index in [0.717, 1.165) is 43.5 Å². The second-order valence-electron chi connectivity index (χ2n) is 7.54. The number of amides is 1. The van der Waals surface area contributed by atoms with E-state index in [9.17, 15) is 9.90 Å². The van der Waals surface area contributed by atoms with Crippen LogP contribution in [0.4, 0.5) is 0 Å². The fourth-order valence-electron chi connectivity index (χ4n) is 4.29. The number of benzene rings is 2. The van der Waals surface area contributed by atoms with E-state index >= 15 is 0 Å². The van der Waals surface area contributed by atoms with Crippen molar-refractivity contribution in [2.24, 2.45) is 5.41 Å². The molecule has 0 aliphatic carbocycles. The van der Waals surface area contributed by atoms with Crippen LogP contribution in [0, 0.1) is 5.41 Å². The molecule has 1 atom stereocenters. The van der Waals surface area contributed by atoms with Crippen LogP contribution in [0.3, 0.4) is 0 Å². The fourth-order valence-corrected chi connectivity index (χ4v) is 4.29. The molecule has 2 aromatic carbocycles. The van der Waals surface area contributed by atoms with Crippen molar-refractivity contribution >= 4 is 5.91 Å². The molecule has 2 aliphatic heterocycles. The van der Waals surface area contributed by atoms with E-state index in [-0.39, 0.29) is 17.9 Å². The van der Waals surface area contributed by atoms with Gasteiger partial charge in [-0.2, -0.15) is 0 Å². The zero-order valence-corrected chi connectivity index (χ0v) is 15.0. The Hall–Kier alpha value is -2.33. The smallest absolute Gasteiger partial charge is 0.257 e. The molecule has 0 unspecified atom stereocenters. The molecule has 4 rings (SSSR count). The normalized spacial score (nSPS) is 22.0. The lowest BCUT2D eigenvalue weighted by Crippen LogP contribution is -2.49. The summed E-state index contributed by atoms with van der Waals surface area (Å²) in [5.41, 5.74) is 2.72. The lowest BCUT2D eigenvalue weighted by molar-refractivity contribution is 0.0270. The summed E-state index contributed by atoms with van der Waals surface area (Å²) in [6.45, 7) is 2.06. The number of piperidine rings is 1. The molecule has 0 saturated carbocycles. The first-order valence-electron chi connectivity index (χ1n) is 9.40. The summed E-state index contributed by atoms with van der Waals surface area (Å²) < 4.78 is 5.72. The van der Waals surface area contributed by atoms with E-state index in [1.165, 1.54) is 5.56 Å². The van der Waals surface area contributed by atoms with Crippen LogP contribution in [0.1, 0.15) is 34.3 Å². The van der Waals surface area contributed by atoms with Gasteiger partial charge in [-0.15, -0.1) is 0 Å². The first-order valence-corrected chi connectivity index (χ1v) is 9.40. The van der Waals surface area contributed by atoms with E-state index in [0.29, 0.717) is 18.7 Å². The average molecular weight is 351 g/mol. The van der Waals surface area contributed by atoms with Gasteiger partial charge in [-0.05, 0) is 36.5 Å². The Bertz CT molecular complexity index is 789. The van der Waals surface area contributed by atoms with Gasteiger partial charge >= 0.3 is 0 Å². The van der Waals surface area contributed by atoms with Gasteiger partial charge in [0.2, 0.25) is 0 Å². The van der Waals surface area contributed by atoms with Crippen molar-refractivity contribution in [2.45, 2.75) is 25.7 Å². The summed E-state index contributed by atoms with van der Waals surface area (Å²) in [5.74, 6) is 0.773. The standard InChI is InChI=1S/C22H25NO3/c24-16-22(14-17-6-2-1-3-7-17)11-5-12-23(15-22)21(25)19-9-4-8-18-10-13-26-20(18)19/h1-4,6-9,24H,5,10-16H2/t22-/m0/s1. The van der Waals surface area contributed by atoms with Crippen LogP contribution >= 0.6 is 0 Å². The van der Waals surface area contributed by atoms with E-state index in [1.807, 2.05) is 41.3 Å². The molecule has 4 nitrogen and oxygen atoms in total. The van der Waals surface area contributed by atoms with Gasteiger partial charge in [0.25, 0.3) is 5.91 Å². The highest BCUT2D eigenvalue weighted by molar-refractivity contribution is 5.97. The summed E-state index contributed by atoms with van der Waals surface area (Å²) in [6.07, 6.45) is 3.50. The summed E-state index contributed by atoms with van der Waals surface area (Å²) >= 11 is 0. The largest absolute Gasteiger partial charge is 0.492 e. The summed E-state index contributed by atoms with van der Waals surface area (Å²) in [6, 6.07) is 16.1. The van der Waals surface area contributed by atoms with Gasteiger partial charge in [-0.25, -0.2) is 0 Å². The van der Waals surface area contributed by atoms with Gasteiger partial charge in [0, 0.05) is 24.9 Å². The van der Waals surface area contributed by atoms with Crippen molar-refractivity contribution in [3.63, 3.8) is 0 Å². The SMILES string of the molecule is O=C(c1cccc2c1OCC2)N1CCC[C@](CO)(Cc2ccccc2)C1. The first-order chi connectivity index (χ1) is 12.7. The van der Waals surface area contributed by atoms with Crippen molar-refractivity contribution in [1.82, 2.24) is 4.90 Å². The van der Waals surface area contributed by atoms with E-state index < -0.39 is 0 Å². The highest BCUT2D eigenvalue weighted by atomic mass is 16.5. The molecule has 26 heavy (non-hydrogen) atoms. The Morgan fingerprint density at radius 2 is 2.00 bits per heavy atom. The predicted molar refractivity (Wildman–Crippen MR) is 100 cm³/mol. The molecule has 1 N–H and O–H groups in total. The summed E-state index contributed by atoms with van der Waals surface area (Å²) in [7, 11) is 0. The van der Waals surface area contributed by atoms with Gasteiger partial charge < -0.3 is 14.7 Å². The number of nitrogens with zero attached hydrogens (tertiary/aromatic N) is 1. The van der Waals surface area contributed by atoms with Crippen molar-refractivity contribution in [2.75, 3.05) is 26.3 Å². The van der Waals surface area contributed by atoms with Gasteiger partial charge in [0.15, 0.2) is 0 Å². The quantitative estimate of drug-likeness (QED) is 0.921. The van der Waals surface area contributed by atoms with Crippen molar-refractivity contribution in [1.29, 1.82) is 0 Å². The second kappa shape index (κ2) is 7.12. The highest BCUT2D eigenvalue weighted by Crippen LogP contribution is 2.36. The van der Waals surface area contributed by atoms with Crippen LogP contribution < -0.4 is 4.74 Å².